The van der Waals surface area contributed by atoms with Crippen LogP contribution in [0.25, 0.3) is 11.2 Å². The van der Waals surface area contributed by atoms with Gasteiger partial charge in [-0.15, -0.1) is 0 Å². The maximum absolute atomic E-state index is 16.2. The maximum Gasteiger partial charge on any atom is 0.409 e. The number of ether oxygens (including phenoxy) is 5. The molecular weight excluding hydrogens is 954 g/mol. The first-order valence-electron chi connectivity index (χ1n) is 24.6. The highest BCUT2D eigenvalue weighted by atomic mass is 31.2. The van der Waals surface area contributed by atoms with Crippen molar-refractivity contribution in [2.75, 3.05) is 40.2 Å². The van der Waals surface area contributed by atoms with E-state index in [0.29, 0.717) is 58.9 Å². The largest absolute Gasteiger partial charge is 0.497 e. The van der Waals surface area contributed by atoms with E-state index in [-0.39, 0.29) is 53.9 Å². The number of aromatic amines is 1. The van der Waals surface area contributed by atoms with Gasteiger partial charge in [-0.3, -0.25) is 33.0 Å². The van der Waals surface area contributed by atoms with Crippen LogP contribution in [-0.4, -0.2) is 112 Å². The molecule has 19 heteroatoms. The molecule has 0 aliphatic carbocycles. The standard InChI is InChI=1S/C54H66N7O11P/c1-33(2)47(62)49(71-54(37-14-11-10-12-15-37,38-19-25-42(67-8)26-20-38)39-21-27-43(68-9)28-22-39)48-44(30-45(70-48)60-32-56-46-50(60)57-53(55)58-51(46)63)72-73(65,61(34(3)4)35(5)6)69-31-40-16-13-29-59(40)52(64)36-17-23-41(66-7)24-18-36/h10-12,14-15,17-28,32-35,40,44-45,48-49H,13,16,29-31H2,1-9H3,(H3,55,57,58,63)/t40-,44-,45+,48-,49?,73?/m0/s1. The number of imidazole rings is 1. The Morgan fingerprint density at radius 1 is 0.836 bits per heavy atom. The van der Waals surface area contributed by atoms with Crippen molar-refractivity contribution in [2.45, 2.75) is 109 Å². The molecule has 0 spiro atoms. The molecule has 6 atom stereocenters. The Morgan fingerprint density at radius 2 is 1.40 bits per heavy atom. The Kier molecular flexibility index (Phi) is 16.2. The highest BCUT2D eigenvalue weighted by Crippen LogP contribution is 2.58. The molecule has 18 nitrogen and oxygen atoms in total. The molecule has 2 aliphatic rings. The molecule has 0 bridgehead atoms. The summed E-state index contributed by atoms with van der Waals surface area (Å²) in [6, 6.07) is 30.1. The number of nitrogens with two attached hydrogens (primary N) is 1. The lowest BCUT2D eigenvalue weighted by atomic mass is 9.79. The molecule has 6 aromatic rings. The number of nitrogens with zero attached hydrogens (tertiary/aromatic N) is 5. The molecule has 1 amide bonds. The Balaban J connectivity index is 1.27. The van der Waals surface area contributed by atoms with Gasteiger partial charge in [0.05, 0.1) is 40.3 Å². The van der Waals surface area contributed by atoms with Crippen molar-refractivity contribution in [1.82, 2.24) is 29.1 Å². The summed E-state index contributed by atoms with van der Waals surface area (Å²) in [5, 5.41) is 0. The Hall–Kier alpha value is -6.40. The van der Waals surface area contributed by atoms with E-state index in [0.717, 1.165) is 0 Å². The summed E-state index contributed by atoms with van der Waals surface area (Å²) in [6.07, 6.45) is -2.26. The van der Waals surface area contributed by atoms with Gasteiger partial charge in [0.15, 0.2) is 16.9 Å². The van der Waals surface area contributed by atoms with Gasteiger partial charge in [-0.25, -0.2) is 14.2 Å². The minimum atomic E-state index is -4.44. The van der Waals surface area contributed by atoms with Gasteiger partial charge in [0.1, 0.15) is 47.4 Å². The minimum absolute atomic E-state index is 0.0111. The van der Waals surface area contributed by atoms with Crippen molar-refractivity contribution in [3.63, 3.8) is 0 Å². The second kappa shape index (κ2) is 22.4. The van der Waals surface area contributed by atoms with Crippen molar-refractivity contribution >= 4 is 36.5 Å². The fraction of sp³-hybridized carbons (Fsp3) is 0.426. The van der Waals surface area contributed by atoms with Gasteiger partial charge in [-0.05, 0) is 106 Å². The molecule has 2 fully saturated rings. The summed E-state index contributed by atoms with van der Waals surface area (Å²) in [5.41, 5.74) is 6.63. The first-order chi connectivity index (χ1) is 35.0. The number of fused-ring (bicyclic) bond motifs is 1. The van der Waals surface area contributed by atoms with Crippen molar-refractivity contribution in [2.24, 2.45) is 5.92 Å². The van der Waals surface area contributed by atoms with Crippen molar-refractivity contribution in [3.8, 4) is 17.2 Å². The number of ketones is 1. The summed E-state index contributed by atoms with van der Waals surface area (Å²) in [4.78, 5) is 55.6. The summed E-state index contributed by atoms with van der Waals surface area (Å²) < 4.78 is 64.4. The van der Waals surface area contributed by atoms with Gasteiger partial charge in [0.25, 0.3) is 11.5 Å². The average Bonchev–Trinajstić information content (AvgIpc) is 4.15. The van der Waals surface area contributed by atoms with Gasteiger partial charge in [0, 0.05) is 36.5 Å². The van der Waals surface area contributed by atoms with Crippen LogP contribution in [0.4, 0.5) is 5.95 Å². The number of amides is 1. The van der Waals surface area contributed by atoms with E-state index in [9.17, 15) is 9.59 Å². The van der Waals surface area contributed by atoms with Crippen LogP contribution in [0.2, 0.25) is 0 Å². The molecule has 388 valence electrons. The molecule has 4 heterocycles. The maximum atomic E-state index is 16.2. The lowest BCUT2D eigenvalue weighted by molar-refractivity contribution is -0.167. The van der Waals surface area contributed by atoms with Crippen LogP contribution in [0.5, 0.6) is 17.2 Å². The molecule has 3 N–H and O–H groups in total. The average molecular weight is 1020 g/mol. The first kappa shape index (κ1) is 52.9. The smallest absolute Gasteiger partial charge is 0.409 e. The monoisotopic (exact) mass is 1020 g/mol. The van der Waals surface area contributed by atoms with E-state index in [4.69, 9.17) is 38.5 Å². The Labute approximate surface area is 425 Å². The lowest BCUT2D eigenvalue weighted by Gasteiger charge is -2.42. The van der Waals surface area contributed by atoms with Crippen LogP contribution in [0.3, 0.4) is 0 Å². The topological polar surface area (TPSA) is 212 Å². The second-order valence-electron chi connectivity index (χ2n) is 19.2. The lowest BCUT2D eigenvalue weighted by Crippen LogP contribution is -2.50. The van der Waals surface area contributed by atoms with E-state index in [1.807, 2.05) is 107 Å². The third-order valence-electron chi connectivity index (χ3n) is 13.5. The van der Waals surface area contributed by atoms with E-state index in [1.54, 1.807) is 73.6 Å². The van der Waals surface area contributed by atoms with Gasteiger partial charge in [-0.1, -0.05) is 68.4 Å². The van der Waals surface area contributed by atoms with Crippen LogP contribution >= 0.6 is 7.75 Å². The van der Waals surface area contributed by atoms with Gasteiger partial charge >= 0.3 is 7.75 Å². The molecule has 2 unspecified atom stereocenters. The molecular formula is C54H66N7O11P. The molecule has 73 heavy (non-hydrogen) atoms. The first-order valence-corrected chi connectivity index (χ1v) is 26.1. The van der Waals surface area contributed by atoms with Crippen LogP contribution in [0, 0.1) is 5.92 Å². The zero-order valence-corrected chi connectivity index (χ0v) is 43.7. The third-order valence-corrected chi connectivity index (χ3v) is 16.0. The summed E-state index contributed by atoms with van der Waals surface area (Å²) in [5.74, 6) is 0.545. The van der Waals surface area contributed by atoms with Crippen LogP contribution in [0.1, 0.15) is 94.1 Å². The van der Waals surface area contributed by atoms with Gasteiger partial charge in [-0.2, -0.15) is 4.98 Å². The van der Waals surface area contributed by atoms with E-state index < -0.39 is 55.4 Å². The molecule has 0 saturated carbocycles. The number of anilines is 1. The predicted octanol–water partition coefficient (Wildman–Crippen LogP) is 8.55. The minimum Gasteiger partial charge on any atom is -0.497 e. The number of H-pyrrole nitrogens is 1. The third kappa shape index (κ3) is 10.8. The highest BCUT2D eigenvalue weighted by molar-refractivity contribution is 7.51. The number of carbonyl (C=O) groups is 2. The number of aromatic nitrogens is 4. The zero-order chi connectivity index (χ0) is 52.2. The number of nitrogens with one attached hydrogen (secondary N) is 1. The fourth-order valence-corrected chi connectivity index (χ4v) is 12.4. The van der Waals surface area contributed by atoms with E-state index in [1.165, 1.54) is 6.33 Å². The van der Waals surface area contributed by atoms with Crippen molar-refractivity contribution in [1.29, 1.82) is 0 Å². The molecule has 0 radical (unpaired) electrons. The Bertz CT molecular complexity index is 2890. The zero-order valence-electron chi connectivity index (χ0n) is 42.8. The van der Waals surface area contributed by atoms with Crippen LogP contribution in [-0.2, 0) is 33.5 Å². The van der Waals surface area contributed by atoms with Crippen molar-refractivity contribution < 1.29 is 46.9 Å². The van der Waals surface area contributed by atoms with Crippen molar-refractivity contribution in [3.05, 3.63) is 142 Å². The molecule has 8 rings (SSSR count). The normalized spacial score (nSPS) is 19.5. The number of hydrogen-bond acceptors (Lipinski definition) is 14. The number of benzene rings is 4. The molecule has 2 aromatic heterocycles. The number of nitrogen functional groups attached to an aromatic ring is 1. The number of Topliss-reactive ketones (excluding diaryl/α,β-unsaturated/α-hetero) is 1. The van der Waals surface area contributed by atoms with Gasteiger partial charge in [0.2, 0.25) is 5.95 Å². The number of methoxy groups -OCH3 is 3. The summed E-state index contributed by atoms with van der Waals surface area (Å²) in [6.45, 7) is 11.5. The number of likely N-dealkylation sites (tertiary alicyclic amines) is 1. The molecule has 2 aliphatic heterocycles. The highest BCUT2D eigenvalue weighted by Gasteiger charge is 2.54. The van der Waals surface area contributed by atoms with E-state index >= 15 is 9.36 Å². The SMILES string of the molecule is COc1ccc(C(=O)N2CCC[C@H]2COP(=O)(O[C@H]2C[C@H](n3cnc4c(=O)[nH]c(N)nc43)O[C@@H]2C(OC(c2ccccc2)(c2ccc(OC)cc2)c2ccc(OC)cc2)C(=O)C(C)C)N(C(C)C)C(C)C)cc1. The van der Waals surface area contributed by atoms with E-state index in [2.05, 4.69) is 15.0 Å². The number of carbonyl (C=O) groups excluding carboxylic acids is 2. The summed E-state index contributed by atoms with van der Waals surface area (Å²) in [7, 11) is 0.301. The fourth-order valence-electron chi connectivity index (χ4n) is 10.0. The second-order valence-corrected chi connectivity index (χ2v) is 21.0. The van der Waals surface area contributed by atoms with Crippen LogP contribution in [0.15, 0.2) is 114 Å². The predicted molar refractivity (Wildman–Crippen MR) is 276 cm³/mol. The molecule has 2 saturated heterocycles. The van der Waals surface area contributed by atoms with Crippen LogP contribution < -0.4 is 25.5 Å². The summed E-state index contributed by atoms with van der Waals surface area (Å²) >= 11 is 0. The number of hydrogen-bond donors (Lipinski definition) is 2. The Morgan fingerprint density at radius 3 is 1.95 bits per heavy atom. The quantitative estimate of drug-likeness (QED) is 0.0511. The molecule has 4 aromatic carbocycles. The number of rotatable bonds is 21. The van der Waals surface area contributed by atoms with Gasteiger partial charge < -0.3 is 34.3 Å².